The van der Waals surface area contributed by atoms with E-state index in [1.54, 1.807) is 0 Å². The van der Waals surface area contributed by atoms with Crippen molar-refractivity contribution in [2.45, 2.75) is 83.3 Å². The summed E-state index contributed by atoms with van der Waals surface area (Å²) in [6.07, 6.45) is 9.38. The Balaban J connectivity index is -0.00000288. The zero-order chi connectivity index (χ0) is 19.0. The Morgan fingerprint density at radius 3 is 1.78 bits per heavy atom. The minimum atomic E-state index is -4.73. The van der Waals surface area contributed by atoms with Gasteiger partial charge in [0.05, 0.1) is 6.61 Å². The molecule has 0 heterocycles. The Kier molecular flexibility index (Phi) is 25.6. The van der Waals surface area contributed by atoms with Gasteiger partial charge in [0, 0.05) is 6.61 Å². The molecule has 0 amide bonds. The molecule has 0 unspecified atom stereocenters. The van der Waals surface area contributed by atoms with Gasteiger partial charge in [-0.2, -0.15) is 8.42 Å². The standard InChI is InChI=1S/C16H34O8S.Na.H2O.H/c1-2-3-4-5-6-7-8-9-10-11-12-22-16(14-23-18)15(13-17)24-25(19,20)21;;;/h15-18H,2-14H2,1H3,(H,19,20,21);;1H2;/t15-,16+;;;/m1.../s1. The second kappa shape index (κ2) is 21.4. The number of aliphatic hydroxyl groups is 1. The van der Waals surface area contributed by atoms with Gasteiger partial charge < -0.3 is 15.3 Å². The summed E-state index contributed by atoms with van der Waals surface area (Å²) < 4.78 is 39.9. The van der Waals surface area contributed by atoms with Gasteiger partial charge in [0.2, 0.25) is 0 Å². The van der Waals surface area contributed by atoms with E-state index >= 15 is 0 Å². The predicted octanol–water partition coefficient (Wildman–Crippen LogP) is 1.49. The molecule has 0 saturated heterocycles. The third-order valence-electron chi connectivity index (χ3n) is 3.91. The zero-order valence-electron chi connectivity index (χ0n) is 15.6. The van der Waals surface area contributed by atoms with Crippen LogP contribution in [0.3, 0.4) is 0 Å². The van der Waals surface area contributed by atoms with E-state index in [0.29, 0.717) is 6.61 Å². The van der Waals surface area contributed by atoms with Crippen molar-refractivity contribution in [2.75, 3.05) is 19.8 Å². The van der Waals surface area contributed by atoms with Crippen molar-refractivity contribution in [3.8, 4) is 0 Å². The molecule has 0 aromatic rings. The van der Waals surface area contributed by atoms with Gasteiger partial charge in [0.25, 0.3) is 0 Å². The molecule has 0 aromatic carbocycles. The van der Waals surface area contributed by atoms with Gasteiger partial charge in [0.1, 0.15) is 18.8 Å². The first kappa shape index (κ1) is 32.3. The second-order valence-electron chi connectivity index (χ2n) is 6.13. The van der Waals surface area contributed by atoms with Crippen LogP contribution in [0.25, 0.3) is 0 Å². The fourth-order valence-corrected chi connectivity index (χ4v) is 3.02. The average molecular weight is 429 g/mol. The summed E-state index contributed by atoms with van der Waals surface area (Å²) in [5.74, 6) is 0. The van der Waals surface area contributed by atoms with E-state index in [2.05, 4.69) is 16.0 Å². The Bertz CT molecular complexity index is 395. The van der Waals surface area contributed by atoms with Crippen LogP contribution in [-0.4, -0.2) is 90.4 Å². The first-order valence-corrected chi connectivity index (χ1v) is 10.5. The number of unbranched alkanes of at least 4 members (excludes halogenated alkanes) is 9. The summed E-state index contributed by atoms with van der Waals surface area (Å²) in [5.41, 5.74) is 0. The summed E-state index contributed by atoms with van der Waals surface area (Å²) in [6.45, 7) is 1.44. The van der Waals surface area contributed by atoms with Gasteiger partial charge in [-0.1, -0.05) is 64.7 Å². The quantitative estimate of drug-likeness (QED) is 0.0975. The van der Waals surface area contributed by atoms with Crippen LogP contribution in [0.4, 0.5) is 0 Å². The molecule has 0 bridgehead atoms. The van der Waals surface area contributed by atoms with Crippen LogP contribution >= 0.6 is 0 Å². The summed E-state index contributed by atoms with van der Waals surface area (Å²) in [6, 6.07) is 0. The second-order valence-corrected chi connectivity index (χ2v) is 7.18. The van der Waals surface area contributed by atoms with E-state index in [1.807, 2.05) is 0 Å². The van der Waals surface area contributed by atoms with Crippen LogP contribution in [0, 0.1) is 0 Å². The summed E-state index contributed by atoms with van der Waals surface area (Å²) >= 11 is 0. The van der Waals surface area contributed by atoms with Gasteiger partial charge in [0.15, 0.2) is 0 Å². The molecule has 5 N–H and O–H groups in total. The molecule has 9 nitrogen and oxygen atoms in total. The maximum atomic E-state index is 10.7. The van der Waals surface area contributed by atoms with Crippen molar-refractivity contribution in [1.29, 1.82) is 0 Å². The molecule has 27 heavy (non-hydrogen) atoms. The Morgan fingerprint density at radius 2 is 1.37 bits per heavy atom. The van der Waals surface area contributed by atoms with Gasteiger partial charge >= 0.3 is 40.0 Å². The minimum absolute atomic E-state index is 0. The Hall–Kier alpha value is 0.670. The summed E-state index contributed by atoms with van der Waals surface area (Å²) in [7, 11) is -4.73. The van der Waals surface area contributed by atoms with Gasteiger partial charge in [-0.25, -0.2) is 9.07 Å². The molecule has 0 fully saturated rings. The van der Waals surface area contributed by atoms with E-state index in [0.717, 1.165) is 19.3 Å². The van der Waals surface area contributed by atoms with Crippen LogP contribution < -0.4 is 0 Å². The molecule has 11 heteroatoms. The van der Waals surface area contributed by atoms with E-state index < -0.39 is 29.2 Å². The van der Waals surface area contributed by atoms with E-state index in [9.17, 15) is 8.42 Å². The predicted molar refractivity (Wildman–Crippen MR) is 104 cm³/mol. The number of aliphatic hydroxyl groups excluding tert-OH is 1. The monoisotopic (exact) mass is 428 g/mol. The fraction of sp³-hybridized carbons (Fsp3) is 1.00. The van der Waals surface area contributed by atoms with Crippen LogP contribution in [-0.2, 0) is 24.2 Å². The Morgan fingerprint density at radius 1 is 0.889 bits per heavy atom. The number of ether oxygens (including phenoxy) is 1. The van der Waals surface area contributed by atoms with Crippen molar-refractivity contribution < 1.29 is 42.6 Å². The molecule has 0 radical (unpaired) electrons. The first-order chi connectivity index (χ1) is 11.9. The van der Waals surface area contributed by atoms with Gasteiger partial charge in [-0.3, -0.25) is 9.81 Å². The molecular formula is C16H37NaO9S. The van der Waals surface area contributed by atoms with E-state index in [4.69, 9.17) is 19.7 Å². The van der Waals surface area contributed by atoms with Crippen molar-refractivity contribution in [2.24, 2.45) is 0 Å². The molecule has 0 saturated carbocycles. The van der Waals surface area contributed by atoms with Crippen molar-refractivity contribution in [3.05, 3.63) is 0 Å². The van der Waals surface area contributed by atoms with E-state index in [-0.39, 0.29) is 41.6 Å². The third-order valence-corrected chi connectivity index (χ3v) is 4.40. The number of hydrogen-bond acceptors (Lipinski definition) is 7. The van der Waals surface area contributed by atoms with Crippen molar-refractivity contribution >= 4 is 40.0 Å². The van der Waals surface area contributed by atoms with Gasteiger partial charge in [-0.15, -0.1) is 0 Å². The maximum absolute atomic E-state index is 10.7. The zero-order valence-corrected chi connectivity index (χ0v) is 16.5. The number of hydrogen-bond donors (Lipinski definition) is 3. The van der Waals surface area contributed by atoms with Crippen LogP contribution in [0.1, 0.15) is 71.1 Å². The topological polar surface area (TPSA) is 154 Å². The van der Waals surface area contributed by atoms with Crippen LogP contribution in [0.2, 0.25) is 0 Å². The van der Waals surface area contributed by atoms with E-state index in [1.165, 1.54) is 44.9 Å². The molecule has 0 aromatic heterocycles. The van der Waals surface area contributed by atoms with Crippen molar-refractivity contribution in [3.63, 3.8) is 0 Å². The van der Waals surface area contributed by atoms with Crippen LogP contribution in [0.5, 0.6) is 0 Å². The van der Waals surface area contributed by atoms with Crippen LogP contribution in [0.15, 0.2) is 0 Å². The van der Waals surface area contributed by atoms with Gasteiger partial charge in [-0.05, 0) is 6.42 Å². The normalized spacial score (nSPS) is 13.5. The van der Waals surface area contributed by atoms with Crippen molar-refractivity contribution in [1.82, 2.24) is 0 Å². The fourth-order valence-electron chi connectivity index (χ4n) is 2.53. The molecule has 0 aliphatic rings. The molecule has 0 aliphatic carbocycles. The molecule has 2 atom stereocenters. The summed E-state index contributed by atoms with van der Waals surface area (Å²) in [4.78, 5) is 3.96. The average Bonchev–Trinajstić information content (AvgIpc) is 2.56. The molecular weight excluding hydrogens is 391 g/mol. The molecule has 0 aliphatic heterocycles. The Labute approximate surface area is 185 Å². The SMILES string of the molecule is CCCCCCCCCCCCO[C@@H](COO)[C@@H](CO)OS(=O)(=O)O.O.[NaH]. The molecule has 0 spiro atoms. The third kappa shape index (κ3) is 21.2. The number of rotatable bonds is 18. The molecule has 162 valence electrons. The first-order valence-electron chi connectivity index (χ1n) is 9.09. The summed E-state index contributed by atoms with van der Waals surface area (Å²) in [5, 5.41) is 17.7. The molecule has 0 rings (SSSR count).